The quantitative estimate of drug-likeness (QED) is 0.706. The second-order valence-corrected chi connectivity index (χ2v) is 6.74. The zero-order valence-corrected chi connectivity index (χ0v) is 13.7. The standard InChI is InChI=1S/C15H28N2O4/c1-15(2,3)8-11(16-4)13(18)17-12(14(19)20-5)10-6-7-21-9-10/h10-12,16H,6-9H2,1-5H3,(H,17,18). The Balaban J connectivity index is 2.71. The molecule has 1 aliphatic rings. The van der Waals surface area contributed by atoms with Gasteiger partial charge in [-0.3, -0.25) is 4.79 Å². The molecule has 0 aliphatic carbocycles. The van der Waals surface area contributed by atoms with Crippen LogP contribution in [0.5, 0.6) is 0 Å². The lowest BCUT2D eigenvalue weighted by Crippen LogP contribution is -2.53. The summed E-state index contributed by atoms with van der Waals surface area (Å²) in [6.07, 6.45) is 1.44. The highest BCUT2D eigenvalue weighted by atomic mass is 16.5. The zero-order valence-electron chi connectivity index (χ0n) is 13.7. The fourth-order valence-corrected chi connectivity index (χ4v) is 2.50. The van der Waals surface area contributed by atoms with Gasteiger partial charge < -0.3 is 20.1 Å². The third kappa shape index (κ3) is 5.63. The highest BCUT2D eigenvalue weighted by molar-refractivity contribution is 5.87. The molecule has 21 heavy (non-hydrogen) atoms. The summed E-state index contributed by atoms with van der Waals surface area (Å²) in [6, 6.07) is -0.972. The number of ether oxygens (including phenoxy) is 2. The zero-order chi connectivity index (χ0) is 16.0. The first-order chi connectivity index (χ1) is 9.78. The maximum Gasteiger partial charge on any atom is 0.328 e. The number of amides is 1. The predicted octanol–water partition coefficient (Wildman–Crippen LogP) is 0.705. The first kappa shape index (κ1) is 17.9. The van der Waals surface area contributed by atoms with E-state index in [1.165, 1.54) is 7.11 Å². The number of hydrogen-bond donors (Lipinski definition) is 2. The van der Waals surface area contributed by atoms with Crippen molar-refractivity contribution in [2.75, 3.05) is 27.4 Å². The van der Waals surface area contributed by atoms with Crippen LogP contribution in [0.15, 0.2) is 0 Å². The molecule has 0 aromatic carbocycles. The van der Waals surface area contributed by atoms with Crippen molar-refractivity contribution in [1.29, 1.82) is 0 Å². The summed E-state index contributed by atoms with van der Waals surface area (Å²) in [4.78, 5) is 24.3. The maximum absolute atomic E-state index is 12.4. The first-order valence-corrected chi connectivity index (χ1v) is 7.41. The van der Waals surface area contributed by atoms with Crippen molar-refractivity contribution in [2.24, 2.45) is 11.3 Å². The maximum atomic E-state index is 12.4. The molecule has 1 heterocycles. The van der Waals surface area contributed by atoms with Gasteiger partial charge in [0, 0.05) is 12.5 Å². The van der Waals surface area contributed by atoms with Crippen molar-refractivity contribution >= 4 is 11.9 Å². The minimum absolute atomic E-state index is 0.0161. The lowest BCUT2D eigenvalue weighted by molar-refractivity contribution is -0.147. The van der Waals surface area contributed by atoms with Gasteiger partial charge >= 0.3 is 5.97 Å². The van der Waals surface area contributed by atoms with Crippen molar-refractivity contribution in [3.8, 4) is 0 Å². The number of carbonyl (C=O) groups excluding carboxylic acids is 2. The van der Waals surface area contributed by atoms with E-state index in [-0.39, 0.29) is 23.3 Å². The van der Waals surface area contributed by atoms with Crippen LogP contribution in [0.4, 0.5) is 0 Å². The van der Waals surface area contributed by atoms with E-state index in [4.69, 9.17) is 9.47 Å². The van der Waals surface area contributed by atoms with Gasteiger partial charge in [0.25, 0.3) is 0 Å². The van der Waals surface area contributed by atoms with E-state index in [9.17, 15) is 9.59 Å². The fourth-order valence-electron chi connectivity index (χ4n) is 2.50. The molecule has 0 bridgehead atoms. The second kappa shape index (κ2) is 7.75. The van der Waals surface area contributed by atoms with Crippen molar-refractivity contribution in [3.05, 3.63) is 0 Å². The van der Waals surface area contributed by atoms with E-state index < -0.39 is 12.0 Å². The Morgan fingerprint density at radius 3 is 2.48 bits per heavy atom. The average Bonchev–Trinajstić information content (AvgIpc) is 2.93. The van der Waals surface area contributed by atoms with Gasteiger partial charge in [-0.05, 0) is 25.3 Å². The van der Waals surface area contributed by atoms with E-state index in [2.05, 4.69) is 31.4 Å². The van der Waals surface area contributed by atoms with Crippen LogP contribution in [0.1, 0.15) is 33.6 Å². The third-order valence-corrected chi connectivity index (χ3v) is 3.67. The van der Waals surface area contributed by atoms with Gasteiger partial charge in [0.05, 0.1) is 19.8 Å². The van der Waals surface area contributed by atoms with Crippen LogP contribution in [-0.4, -0.2) is 51.3 Å². The summed E-state index contributed by atoms with van der Waals surface area (Å²) < 4.78 is 10.1. The topological polar surface area (TPSA) is 76.7 Å². The number of esters is 1. The Morgan fingerprint density at radius 1 is 1.38 bits per heavy atom. The molecule has 0 radical (unpaired) electrons. The number of hydrogen-bond acceptors (Lipinski definition) is 5. The number of rotatable bonds is 6. The Morgan fingerprint density at radius 2 is 2.05 bits per heavy atom. The second-order valence-electron chi connectivity index (χ2n) is 6.74. The fraction of sp³-hybridized carbons (Fsp3) is 0.867. The van der Waals surface area contributed by atoms with Crippen LogP contribution in [0.2, 0.25) is 0 Å². The Labute approximate surface area is 126 Å². The molecule has 122 valence electrons. The lowest BCUT2D eigenvalue weighted by Gasteiger charge is -2.28. The van der Waals surface area contributed by atoms with E-state index >= 15 is 0 Å². The predicted molar refractivity (Wildman–Crippen MR) is 79.8 cm³/mol. The van der Waals surface area contributed by atoms with Gasteiger partial charge in [0.2, 0.25) is 5.91 Å². The van der Waals surface area contributed by atoms with Crippen molar-refractivity contribution < 1.29 is 19.1 Å². The van der Waals surface area contributed by atoms with E-state index in [0.717, 1.165) is 6.42 Å². The van der Waals surface area contributed by atoms with Crippen LogP contribution in [-0.2, 0) is 19.1 Å². The molecule has 6 heteroatoms. The van der Waals surface area contributed by atoms with Gasteiger partial charge in [-0.25, -0.2) is 4.79 Å². The highest BCUT2D eigenvalue weighted by Crippen LogP contribution is 2.22. The number of likely N-dealkylation sites (N-methyl/N-ethyl adjacent to an activating group) is 1. The van der Waals surface area contributed by atoms with E-state index in [0.29, 0.717) is 19.6 Å². The smallest absolute Gasteiger partial charge is 0.328 e. The van der Waals surface area contributed by atoms with Gasteiger partial charge in [0.15, 0.2) is 0 Å². The summed E-state index contributed by atoms with van der Waals surface area (Å²) >= 11 is 0. The van der Waals surface area contributed by atoms with Crippen molar-refractivity contribution in [3.63, 3.8) is 0 Å². The van der Waals surface area contributed by atoms with Crippen LogP contribution >= 0.6 is 0 Å². The molecule has 0 aromatic rings. The van der Waals surface area contributed by atoms with Gasteiger partial charge in [-0.1, -0.05) is 20.8 Å². The molecular weight excluding hydrogens is 272 g/mol. The SMILES string of the molecule is CNC(CC(C)(C)C)C(=O)NC(C(=O)OC)C1CCOC1. The lowest BCUT2D eigenvalue weighted by atomic mass is 9.87. The molecule has 0 saturated carbocycles. The van der Waals surface area contributed by atoms with Crippen LogP contribution in [0.3, 0.4) is 0 Å². The Kier molecular flexibility index (Phi) is 6.61. The molecule has 0 spiro atoms. The molecule has 6 nitrogen and oxygen atoms in total. The van der Waals surface area contributed by atoms with Gasteiger partial charge in [-0.2, -0.15) is 0 Å². The molecule has 2 N–H and O–H groups in total. The Bertz CT molecular complexity index is 359. The van der Waals surface area contributed by atoms with Crippen molar-refractivity contribution in [2.45, 2.75) is 45.7 Å². The molecular formula is C15H28N2O4. The number of nitrogens with one attached hydrogen (secondary N) is 2. The summed E-state index contributed by atoms with van der Waals surface area (Å²) in [6.45, 7) is 7.32. The molecule has 1 fully saturated rings. The minimum atomic E-state index is -0.638. The third-order valence-electron chi connectivity index (χ3n) is 3.67. The Hall–Kier alpha value is -1.14. The normalized spacial score (nSPS) is 21.7. The molecule has 1 rings (SSSR count). The summed E-state index contributed by atoms with van der Waals surface area (Å²) in [5, 5.41) is 5.84. The average molecular weight is 300 g/mol. The summed E-state index contributed by atoms with van der Waals surface area (Å²) in [5.74, 6) is -0.604. The summed E-state index contributed by atoms with van der Waals surface area (Å²) in [5.41, 5.74) is 0.0161. The highest BCUT2D eigenvalue weighted by Gasteiger charge is 2.35. The monoisotopic (exact) mass is 300 g/mol. The molecule has 0 aromatic heterocycles. The van der Waals surface area contributed by atoms with Crippen LogP contribution in [0.25, 0.3) is 0 Å². The number of methoxy groups -OCH3 is 1. The van der Waals surface area contributed by atoms with Gasteiger partial charge in [-0.15, -0.1) is 0 Å². The summed E-state index contributed by atoms with van der Waals surface area (Å²) in [7, 11) is 3.09. The van der Waals surface area contributed by atoms with Gasteiger partial charge in [0.1, 0.15) is 6.04 Å². The van der Waals surface area contributed by atoms with Crippen LogP contribution < -0.4 is 10.6 Å². The first-order valence-electron chi connectivity index (χ1n) is 7.41. The minimum Gasteiger partial charge on any atom is -0.467 e. The molecule has 1 saturated heterocycles. The number of carbonyl (C=O) groups is 2. The van der Waals surface area contributed by atoms with Crippen LogP contribution in [0, 0.1) is 11.3 Å². The molecule has 1 aliphatic heterocycles. The largest absolute Gasteiger partial charge is 0.467 e. The van der Waals surface area contributed by atoms with Crippen molar-refractivity contribution in [1.82, 2.24) is 10.6 Å². The van der Waals surface area contributed by atoms with E-state index in [1.807, 2.05) is 0 Å². The van der Waals surface area contributed by atoms with E-state index in [1.54, 1.807) is 7.05 Å². The molecule has 3 atom stereocenters. The molecule has 1 amide bonds. The molecule has 3 unspecified atom stereocenters.